The molecule has 0 fully saturated rings. The van der Waals surface area contributed by atoms with Crippen molar-refractivity contribution >= 4 is 17.9 Å². The summed E-state index contributed by atoms with van der Waals surface area (Å²) in [5.74, 6) is -0.934. The minimum atomic E-state index is -0.792. The predicted octanol–water partition coefficient (Wildman–Crippen LogP) is 16.3. The van der Waals surface area contributed by atoms with Gasteiger partial charge in [-0.05, 0) is 83.5 Å². The Labute approximate surface area is 370 Å². The van der Waals surface area contributed by atoms with E-state index in [0.29, 0.717) is 19.3 Å². The maximum absolute atomic E-state index is 12.8. The van der Waals surface area contributed by atoms with E-state index in [9.17, 15) is 14.4 Å². The summed E-state index contributed by atoms with van der Waals surface area (Å²) in [6.45, 7) is 6.44. The van der Waals surface area contributed by atoms with Crippen LogP contribution in [0.25, 0.3) is 0 Å². The third kappa shape index (κ3) is 45.9. The Morgan fingerprint density at radius 2 is 0.700 bits per heavy atom. The Balaban J connectivity index is 4.45. The van der Waals surface area contributed by atoms with E-state index in [-0.39, 0.29) is 31.1 Å². The highest BCUT2D eigenvalue weighted by Gasteiger charge is 2.19. The molecule has 0 bridgehead atoms. The van der Waals surface area contributed by atoms with Crippen LogP contribution in [0.1, 0.15) is 233 Å². The lowest BCUT2D eigenvalue weighted by atomic mass is 10.1. The molecule has 0 saturated carbocycles. The number of allylic oxidation sites excluding steroid dienone is 12. The third-order valence-corrected chi connectivity index (χ3v) is 10.5. The second-order valence-corrected chi connectivity index (χ2v) is 16.4. The van der Waals surface area contributed by atoms with Gasteiger partial charge in [0.15, 0.2) is 6.10 Å². The molecule has 0 spiro atoms. The van der Waals surface area contributed by atoms with Gasteiger partial charge in [-0.2, -0.15) is 0 Å². The summed E-state index contributed by atoms with van der Waals surface area (Å²) in [4.78, 5) is 37.9. The molecule has 0 rings (SSSR count). The van der Waals surface area contributed by atoms with E-state index in [0.717, 1.165) is 103 Å². The third-order valence-electron chi connectivity index (χ3n) is 10.5. The highest BCUT2D eigenvalue weighted by atomic mass is 16.6. The van der Waals surface area contributed by atoms with Crippen molar-refractivity contribution < 1.29 is 28.6 Å². The van der Waals surface area contributed by atoms with Crippen molar-refractivity contribution in [2.75, 3.05) is 13.2 Å². The Kier molecular flexibility index (Phi) is 46.0. The molecule has 0 aliphatic heterocycles. The van der Waals surface area contributed by atoms with Gasteiger partial charge in [-0.3, -0.25) is 14.4 Å². The highest BCUT2D eigenvalue weighted by molar-refractivity contribution is 5.71. The zero-order chi connectivity index (χ0) is 43.7. The zero-order valence-corrected chi connectivity index (χ0v) is 39.2. The number of ether oxygens (including phenoxy) is 3. The van der Waals surface area contributed by atoms with Gasteiger partial charge in [0.25, 0.3) is 0 Å². The Morgan fingerprint density at radius 1 is 0.367 bits per heavy atom. The minimum absolute atomic E-state index is 0.0894. The van der Waals surface area contributed by atoms with Gasteiger partial charge in [-0.1, -0.05) is 203 Å². The molecule has 1 atom stereocenters. The first-order chi connectivity index (χ1) is 29.5. The van der Waals surface area contributed by atoms with Gasteiger partial charge in [-0.15, -0.1) is 0 Å². The molecule has 0 aromatic heterocycles. The molecule has 6 heteroatoms. The molecule has 6 nitrogen and oxygen atoms in total. The lowest BCUT2D eigenvalue weighted by molar-refractivity contribution is -0.167. The van der Waals surface area contributed by atoms with Crippen molar-refractivity contribution in [1.29, 1.82) is 0 Å². The summed E-state index contributed by atoms with van der Waals surface area (Å²) >= 11 is 0. The molecule has 1 unspecified atom stereocenters. The largest absolute Gasteiger partial charge is 0.462 e. The van der Waals surface area contributed by atoms with Crippen LogP contribution in [0.5, 0.6) is 0 Å². The molecular formula is C54H92O6. The van der Waals surface area contributed by atoms with Crippen molar-refractivity contribution in [3.63, 3.8) is 0 Å². The smallest absolute Gasteiger partial charge is 0.306 e. The first-order valence-electron chi connectivity index (χ1n) is 25.0. The van der Waals surface area contributed by atoms with Gasteiger partial charge >= 0.3 is 17.9 Å². The number of rotatable bonds is 44. The molecule has 0 heterocycles. The molecule has 0 aromatic rings. The topological polar surface area (TPSA) is 78.9 Å². The Bertz CT molecular complexity index is 1140. The van der Waals surface area contributed by atoms with Crippen LogP contribution in [0.2, 0.25) is 0 Å². The van der Waals surface area contributed by atoms with Crippen LogP contribution in [-0.2, 0) is 28.6 Å². The number of unbranched alkanes of at least 4 members (excludes halogenated alkanes) is 22. The Hall–Kier alpha value is -3.15. The second kappa shape index (κ2) is 48.5. The fourth-order valence-electron chi connectivity index (χ4n) is 6.72. The number of carbonyl (C=O) groups excluding carboxylic acids is 3. The Morgan fingerprint density at radius 3 is 1.17 bits per heavy atom. The van der Waals surface area contributed by atoms with Gasteiger partial charge < -0.3 is 14.2 Å². The van der Waals surface area contributed by atoms with Crippen LogP contribution in [0.3, 0.4) is 0 Å². The maximum Gasteiger partial charge on any atom is 0.306 e. The first kappa shape index (κ1) is 56.9. The van der Waals surface area contributed by atoms with Crippen LogP contribution < -0.4 is 0 Å². The van der Waals surface area contributed by atoms with Crippen molar-refractivity contribution in [3.05, 3.63) is 72.9 Å². The van der Waals surface area contributed by atoms with Crippen LogP contribution >= 0.6 is 0 Å². The summed E-state index contributed by atoms with van der Waals surface area (Å²) in [6.07, 6.45) is 60.2. The molecule has 344 valence electrons. The van der Waals surface area contributed by atoms with Gasteiger partial charge in [0.2, 0.25) is 0 Å². The van der Waals surface area contributed by atoms with Crippen LogP contribution in [-0.4, -0.2) is 37.2 Å². The molecule has 0 aromatic carbocycles. The number of hydrogen-bond donors (Lipinski definition) is 0. The lowest BCUT2D eigenvalue weighted by Crippen LogP contribution is -2.30. The molecule has 0 N–H and O–H groups in total. The summed E-state index contributed by atoms with van der Waals surface area (Å²) in [5.41, 5.74) is 0. The van der Waals surface area contributed by atoms with E-state index >= 15 is 0 Å². The lowest BCUT2D eigenvalue weighted by Gasteiger charge is -2.18. The van der Waals surface area contributed by atoms with Crippen molar-refractivity contribution in [3.8, 4) is 0 Å². The molecular weight excluding hydrogens is 745 g/mol. The molecule has 60 heavy (non-hydrogen) atoms. The van der Waals surface area contributed by atoms with Crippen molar-refractivity contribution in [2.45, 2.75) is 239 Å². The average Bonchev–Trinajstić information content (AvgIpc) is 3.24. The molecule has 0 saturated heterocycles. The zero-order valence-electron chi connectivity index (χ0n) is 39.2. The highest BCUT2D eigenvalue weighted by Crippen LogP contribution is 2.14. The fraction of sp³-hybridized carbons (Fsp3) is 0.722. The van der Waals surface area contributed by atoms with Crippen LogP contribution in [0.15, 0.2) is 72.9 Å². The van der Waals surface area contributed by atoms with Gasteiger partial charge in [0.05, 0.1) is 0 Å². The predicted molar refractivity (Wildman–Crippen MR) is 256 cm³/mol. The molecule has 0 radical (unpaired) electrons. The van der Waals surface area contributed by atoms with Crippen LogP contribution in [0.4, 0.5) is 0 Å². The summed E-state index contributed by atoms with van der Waals surface area (Å²) in [7, 11) is 0. The first-order valence-corrected chi connectivity index (χ1v) is 25.0. The average molecular weight is 837 g/mol. The standard InChI is InChI=1S/C54H92O6/c1-4-7-10-13-16-19-22-24-26-28-29-32-35-38-41-44-47-53(56)59-50-51(49-58-52(55)46-43-40-37-34-31-21-18-15-12-9-6-3)60-54(57)48-45-42-39-36-33-30-27-25-23-20-17-14-11-8-5-2/h7,10,16-17,19-20,23-26,29,32,51H,4-6,8-9,11-15,18,21-22,27-28,30-31,33-50H2,1-3H3/b10-7-,19-16-,20-17-,25-23-,26-24-,32-29-. The number of hydrogen-bond acceptors (Lipinski definition) is 6. The SMILES string of the molecule is CC/C=C\C/C=C\C/C=C\C/C=C\CCCCCC(=O)OCC(COC(=O)CCCCCCCCCCCCC)OC(=O)CCCCCCCC/C=C\C=C/CCCCC. The van der Waals surface area contributed by atoms with Gasteiger partial charge in [0.1, 0.15) is 13.2 Å². The number of carbonyl (C=O) groups is 3. The maximum atomic E-state index is 12.8. The normalized spacial score (nSPS) is 12.7. The van der Waals surface area contributed by atoms with Gasteiger partial charge in [-0.25, -0.2) is 0 Å². The van der Waals surface area contributed by atoms with E-state index in [2.05, 4.69) is 93.7 Å². The fourth-order valence-corrected chi connectivity index (χ4v) is 6.72. The quantitative estimate of drug-likeness (QED) is 0.0200. The second-order valence-electron chi connectivity index (χ2n) is 16.4. The molecule has 0 aliphatic rings. The van der Waals surface area contributed by atoms with Crippen LogP contribution in [0, 0.1) is 0 Å². The summed E-state index contributed by atoms with van der Waals surface area (Å²) in [6, 6.07) is 0. The monoisotopic (exact) mass is 837 g/mol. The van der Waals surface area contributed by atoms with E-state index in [1.807, 2.05) is 0 Å². The van der Waals surface area contributed by atoms with E-state index in [4.69, 9.17) is 14.2 Å². The molecule has 0 aliphatic carbocycles. The minimum Gasteiger partial charge on any atom is -0.462 e. The molecule has 0 amide bonds. The van der Waals surface area contributed by atoms with E-state index in [1.165, 1.54) is 89.9 Å². The van der Waals surface area contributed by atoms with Crippen molar-refractivity contribution in [1.82, 2.24) is 0 Å². The summed E-state index contributed by atoms with van der Waals surface area (Å²) < 4.78 is 16.7. The van der Waals surface area contributed by atoms with Crippen molar-refractivity contribution in [2.24, 2.45) is 0 Å². The number of esters is 3. The van der Waals surface area contributed by atoms with E-state index in [1.54, 1.807) is 0 Å². The summed E-state index contributed by atoms with van der Waals surface area (Å²) in [5, 5.41) is 0. The van der Waals surface area contributed by atoms with Gasteiger partial charge in [0, 0.05) is 19.3 Å². The van der Waals surface area contributed by atoms with E-state index < -0.39 is 6.10 Å².